The molecular weight excluding hydrogens is 414 g/mol. The first-order valence-electron chi connectivity index (χ1n) is 11.8. The summed E-state index contributed by atoms with van der Waals surface area (Å²) in [6, 6.07) is 18.0. The Labute approximate surface area is 195 Å². The molecule has 1 saturated heterocycles. The predicted molar refractivity (Wildman–Crippen MR) is 127 cm³/mol. The molecule has 33 heavy (non-hydrogen) atoms. The minimum atomic E-state index is 0.261. The molecule has 0 atom stereocenters. The topological polar surface area (TPSA) is 58.1 Å². The van der Waals surface area contributed by atoms with E-state index in [1.54, 1.807) is 18.5 Å². The van der Waals surface area contributed by atoms with Gasteiger partial charge in [-0.25, -0.2) is 0 Å². The van der Waals surface area contributed by atoms with Crippen molar-refractivity contribution in [1.29, 1.82) is 0 Å². The molecule has 0 aliphatic carbocycles. The molecule has 2 aliphatic rings. The highest BCUT2D eigenvalue weighted by Crippen LogP contribution is 2.27. The van der Waals surface area contributed by atoms with Crippen LogP contribution in [-0.2, 0) is 19.6 Å². The minimum absolute atomic E-state index is 0.261. The summed E-state index contributed by atoms with van der Waals surface area (Å²) in [5, 5.41) is 9.78. The van der Waals surface area contributed by atoms with Crippen molar-refractivity contribution in [1.82, 2.24) is 14.8 Å². The fraction of sp³-hybridized carbons (Fsp3) is 0.370. The summed E-state index contributed by atoms with van der Waals surface area (Å²) < 4.78 is 12.1. The van der Waals surface area contributed by atoms with Gasteiger partial charge in [0.2, 0.25) is 0 Å². The zero-order chi connectivity index (χ0) is 22.5. The van der Waals surface area contributed by atoms with Crippen LogP contribution in [0.4, 0.5) is 0 Å². The number of hydrogen-bond acceptors (Lipinski definition) is 6. The first kappa shape index (κ1) is 21.7. The maximum Gasteiger partial charge on any atom is 0.137 e. The second-order valence-corrected chi connectivity index (χ2v) is 8.95. The first-order chi connectivity index (χ1) is 16.2. The Balaban J connectivity index is 1.18. The number of ether oxygens (including phenoxy) is 2. The van der Waals surface area contributed by atoms with E-state index in [0.29, 0.717) is 12.4 Å². The maximum absolute atomic E-state index is 9.78. The fourth-order valence-electron chi connectivity index (χ4n) is 4.70. The SMILES string of the molecule is Oc1cccc(CN2CCOc3ccc(CN4CCC(Oc5cccnc5)CC4)cc3C2)c1. The molecular formula is C27H31N3O3. The molecule has 0 spiro atoms. The van der Waals surface area contributed by atoms with Crippen LogP contribution < -0.4 is 9.47 Å². The molecule has 0 radical (unpaired) electrons. The number of likely N-dealkylation sites (tertiary alicyclic amines) is 1. The van der Waals surface area contributed by atoms with Gasteiger partial charge in [0.25, 0.3) is 0 Å². The quantitative estimate of drug-likeness (QED) is 0.613. The van der Waals surface area contributed by atoms with E-state index in [1.165, 1.54) is 11.1 Å². The first-order valence-corrected chi connectivity index (χ1v) is 11.8. The van der Waals surface area contributed by atoms with Gasteiger partial charge in [0.15, 0.2) is 0 Å². The predicted octanol–water partition coefficient (Wildman–Crippen LogP) is 4.23. The van der Waals surface area contributed by atoms with E-state index < -0.39 is 0 Å². The van der Waals surface area contributed by atoms with Crippen molar-refractivity contribution >= 4 is 0 Å². The summed E-state index contributed by atoms with van der Waals surface area (Å²) in [6.07, 6.45) is 5.87. The molecule has 0 bridgehead atoms. The van der Waals surface area contributed by atoms with Crippen LogP contribution in [0.3, 0.4) is 0 Å². The van der Waals surface area contributed by atoms with Crippen LogP contribution in [0.5, 0.6) is 17.2 Å². The third-order valence-electron chi connectivity index (χ3n) is 6.38. The van der Waals surface area contributed by atoms with Crippen molar-refractivity contribution < 1.29 is 14.6 Å². The number of nitrogens with zero attached hydrogens (tertiary/aromatic N) is 3. The summed E-state index contributed by atoms with van der Waals surface area (Å²) >= 11 is 0. The van der Waals surface area contributed by atoms with Gasteiger partial charge in [-0.2, -0.15) is 0 Å². The van der Waals surface area contributed by atoms with Crippen molar-refractivity contribution in [2.75, 3.05) is 26.2 Å². The van der Waals surface area contributed by atoms with Crippen LogP contribution >= 0.6 is 0 Å². The van der Waals surface area contributed by atoms with Crippen molar-refractivity contribution in [2.45, 2.75) is 38.6 Å². The zero-order valence-electron chi connectivity index (χ0n) is 18.9. The average Bonchev–Trinajstić information content (AvgIpc) is 3.02. The highest BCUT2D eigenvalue weighted by atomic mass is 16.5. The number of piperidine rings is 1. The van der Waals surface area contributed by atoms with Crippen LogP contribution in [0.25, 0.3) is 0 Å². The smallest absolute Gasteiger partial charge is 0.137 e. The van der Waals surface area contributed by atoms with Crippen molar-refractivity contribution in [3.63, 3.8) is 0 Å². The lowest BCUT2D eigenvalue weighted by atomic mass is 10.0. The number of rotatable bonds is 6. The van der Waals surface area contributed by atoms with Gasteiger partial charge in [0, 0.05) is 51.0 Å². The number of phenolic OH excluding ortho intramolecular Hbond substituents is 1. The van der Waals surface area contributed by atoms with Crippen molar-refractivity contribution in [3.05, 3.63) is 83.7 Å². The lowest BCUT2D eigenvalue weighted by molar-refractivity contribution is 0.0965. The summed E-state index contributed by atoms with van der Waals surface area (Å²) in [6.45, 7) is 6.19. The van der Waals surface area contributed by atoms with E-state index in [4.69, 9.17) is 9.47 Å². The Morgan fingerprint density at radius 3 is 2.61 bits per heavy atom. The van der Waals surface area contributed by atoms with Crippen LogP contribution in [-0.4, -0.2) is 52.2 Å². The van der Waals surface area contributed by atoms with Gasteiger partial charge in [0.05, 0.1) is 6.20 Å². The third-order valence-corrected chi connectivity index (χ3v) is 6.38. The second kappa shape index (κ2) is 10.2. The Morgan fingerprint density at radius 2 is 1.79 bits per heavy atom. The molecule has 0 unspecified atom stereocenters. The maximum atomic E-state index is 9.78. The summed E-state index contributed by atoms with van der Waals surface area (Å²) in [4.78, 5) is 9.02. The second-order valence-electron chi connectivity index (χ2n) is 8.95. The standard InChI is InChI=1S/C27H31N3O3/c31-24-4-1-3-21(16-24)19-30-13-14-32-27-7-6-22(15-23(27)20-30)18-29-11-8-25(9-12-29)33-26-5-2-10-28-17-26/h1-7,10,15-17,25,31H,8-9,11-14,18-20H2. The Morgan fingerprint density at radius 1 is 0.939 bits per heavy atom. The summed E-state index contributed by atoms with van der Waals surface area (Å²) in [5.74, 6) is 2.16. The van der Waals surface area contributed by atoms with E-state index in [9.17, 15) is 5.11 Å². The highest BCUT2D eigenvalue weighted by Gasteiger charge is 2.22. The number of benzene rings is 2. The molecule has 172 valence electrons. The molecule has 1 aromatic heterocycles. The highest BCUT2D eigenvalue weighted by molar-refractivity contribution is 5.38. The fourth-order valence-corrected chi connectivity index (χ4v) is 4.70. The molecule has 5 rings (SSSR count). The molecule has 6 heteroatoms. The Hall–Kier alpha value is -3.09. The Bertz CT molecular complexity index is 1050. The summed E-state index contributed by atoms with van der Waals surface area (Å²) in [7, 11) is 0. The zero-order valence-corrected chi connectivity index (χ0v) is 18.9. The number of fused-ring (bicyclic) bond motifs is 1. The van der Waals surface area contributed by atoms with Gasteiger partial charge in [-0.1, -0.05) is 18.2 Å². The van der Waals surface area contributed by atoms with E-state index >= 15 is 0 Å². The van der Waals surface area contributed by atoms with Crippen molar-refractivity contribution in [3.8, 4) is 17.2 Å². The van der Waals surface area contributed by atoms with Gasteiger partial charge in [-0.3, -0.25) is 14.8 Å². The minimum Gasteiger partial charge on any atom is -0.508 e. The largest absolute Gasteiger partial charge is 0.508 e. The molecule has 1 fully saturated rings. The average molecular weight is 446 g/mol. The number of phenols is 1. The third kappa shape index (κ3) is 5.83. The monoisotopic (exact) mass is 445 g/mol. The van der Waals surface area contributed by atoms with Crippen LogP contribution in [0.2, 0.25) is 0 Å². The van der Waals surface area contributed by atoms with E-state index in [0.717, 1.165) is 69.2 Å². The normalized spacial score (nSPS) is 17.7. The van der Waals surface area contributed by atoms with E-state index in [1.807, 2.05) is 24.3 Å². The van der Waals surface area contributed by atoms with Gasteiger partial charge in [-0.15, -0.1) is 0 Å². The molecule has 3 aromatic rings. The van der Waals surface area contributed by atoms with E-state index in [2.05, 4.69) is 39.0 Å². The molecule has 0 amide bonds. The van der Waals surface area contributed by atoms with Crippen LogP contribution in [0.1, 0.15) is 29.5 Å². The molecule has 1 N–H and O–H groups in total. The number of aromatic hydroxyl groups is 1. The Kier molecular flexibility index (Phi) is 6.74. The van der Waals surface area contributed by atoms with E-state index in [-0.39, 0.29) is 6.10 Å². The van der Waals surface area contributed by atoms with Gasteiger partial charge < -0.3 is 14.6 Å². The van der Waals surface area contributed by atoms with Crippen LogP contribution in [0.15, 0.2) is 67.0 Å². The molecule has 6 nitrogen and oxygen atoms in total. The summed E-state index contributed by atoms with van der Waals surface area (Å²) in [5.41, 5.74) is 3.68. The number of hydrogen-bond donors (Lipinski definition) is 1. The number of pyridine rings is 1. The van der Waals surface area contributed by atoms with Gasteiger partial charge in [0.1, 0.15) is 30.0 Å². The van der Waals surface area contributed by atoms with Crippen molar-refractivity contribution in [2.24, 2.45) is 0 Å². The lowest BCUT2D eigenvalue weighted by Gasteiger charge is -2.32. The lowest BCUT2D eigenvalue weighted by Crippen LogP contribution is -2.37. The molecule has 2 aliphatic heterocycles. The van der Waals surface area contributed by atoms with Gasteiger partial charge in [-0.05, 0) is 60.4 Å². The molecule has 0 saturated carbocycles. The molecule has 2 aromatic carbocycles. The van der Waals surface area contributed by atoms with Gasteiger partial charge >= 0.3 is 0 Å². The van der Waals surface area contributed by atoms with Crippen LogP contribution in [0, 0.1) is 0 Å². The molecule has 3 heterocycles. The number of aromatic nitrogens is 1.